The number of benzene rings is 1. The van der Waals surface area contributed by atoms with E-state index in [0.29, 0.717) is 0 Å². The Kier molecular flexibility index (Phi) is 1.60. The lowest BCUT2D eigenvalue weighted by molar-refractivity contribution is 1.28. The first-order valence-corrected chi connectivity index (χ1v) is 4.21. The Bertz CT molecular complexity index is 501. The number of rotatable bonds is 0. The van der Waals surface area contributed by atoms with Crippen LogP contribution in [0, 0.1) is 25.2 Å². The number of aromatic nitrogens is 1. The third-order valence-corrected chi connectivity index (χ3v) is 2.25. The van der Waals surface area contributed by atoms with Crippen LogP contribution in [0.2, 0.25) is 0 Å². The van der Waals surface area contributed by atoms with Gasteiger partial charge in [0.05, 0.1) is 5.56 Å². The second-order valence-electron chi connectivity index (χ2n) is 3.29. The van der Waals surface area contributed by atoms with Gasteiger partial charge in [-0.1, -0.05) is 12.1 Å². The van der Waals surface area contributed by atoms with Gasteiger partial charge in [0.1, 0.15) is 6.07 Å². The molecule has 2 rings (SSSR count). The molecule has 0 fully saturated rings. The molecule has 0 saturated carbocycles. The first-order chi connectivity index (χ1) is 6.22. The fourth-order valence-corrected chi connectivity index (χ4v) is 1.59. The van der Waals surface area contributed by atoms with Crippen molar-refractivity contribution in [2.24, 2.45) is 0 Å². The number of aryl methyl sites for hydroxylation is 2. The summed E-state index contributed by atoms with van der Waals surface area (Å²) < 4.78 is 0. The molecule has 1 aromatic heterocycles. The SMILES string of the molecule is Cc1ccc2c(C#N)c(C)[nH]c2c1. The Morgan fingerprint density at radius 1 is 1.31 bits per heavy atom. The highest BCUT2D eigenvalue weighted by Crippen LogP contribution is 2.21. The molecular formula is C11H10N2. The number of fused-ring (bicyclic) bond motifs is 1. The van der Waals surface area contributed by atoms with Crippen molar-refractivity contribution in [1.82, 2.24) is 4.98 Å². The molecule has 2 nitrogen and oxygen atoms in total. The average molecular weight is 170 g/mol. The van der Waals surface area contributed by atoms with Crippen LogP contribution in [0.25, 0.3) is 10.9 Å². The smallest absolute Gasteiger partial charge is 0.102 e. The molecular weight excluding hydrogens is 160 g/mol. The zero-order chi connectivity index (χ0) is 9.42. The summed E-state index contributed by atoms with van der Waals surface area (Å²) in [6.45, 7) is 3.97. The van der Waals surface area contributed by atoms with Crippen LogP contribution < -0.4 is 0 Å². The van der Waals surface area contributed by atoms with Gasteiger partial charge in [0.2, 0.25) is 0 Å². The van der Waals surface area contributed by atoms with Gasteiger partial charge >= 0.3 is 0 Å². The molecule has 0 saturated heterocycles. The van der Waals surface area contributed by atoms with E-state index in [4.69, 9.17) is 5.26 Å². The van der Waals surface area contributed by atoms with Crippen LogP contribution in [0.4, 0.5) is 0 Å². The summed E-state index contributed by atoms with van der Waals surface area (Å²) in [5.41, 5.74) is 3.96. The predicted octanol–water partition coefficient (Wildman–Crippen LogP) is 2.66. The number of hydrogen-bond acceptors (Lipinski definition) is 1. The Morgan fingerprint density at radius 3 is 2.77 bits per heavy atom. The minimum Gasteiger partial charge on any atom is -0.357 e. The molecule has 0 spiro atoms. The number of H-pyrrole nitrogens is 1. The van der Waals surface area contributed by atoms with Crippen LogP contribution in [0.3, 0.4) is 0 Å². The Labute approximate surface area is 76.8 Å². The monoisotopic (exact) mass is 170 g/mol. The van der Waals surface area contributed by atoms with E-state index in [2.05, 4.69) is 17.1 Å². The van der Waals surface area contributed by atoms with E-state index in [1.54, 1.807) is 0 Å². The van der Waals surface area contributed by atoms with Crippen LogP contribution in [0.1, 0.15) is 16.8 Å². The van der Waals surface area contributed by atoms with Crippen molar-refractivity contribution >= 4 is 10.9 Å². The molecule has 0 radical (unpaired) electrons. The normalized spacial score (nSPS) is 10.2. The summed E-state index contributed by atoms with van der Waals surface area (Å²) in [6, 6.07) is 8.28. The zero-order valence-electron chi connectivity index (χ0n) is 7.68. The van der Waals surface area contributed by atoms with E-state index >= 15 is 0 Å². The van der Waals surface area contributed by atoms with Crippen molar-refractivity contribution in [3.05, 3.63) is 35.0 Å². The van der Waals surface area contributed by atoms with Crippen molar-refractivity contribution in [3.8, 4) is 6.07 Å². The van der Waals surface area contributed by atoms with Crippen LogP contribution in [-0.4, -0.2) is 4.98 Å². The fraction of sp³-hybridized carbons (Fsp3) is 0.182. The molecule has 0 amide bonds. The molecule has 1 N–H and O–H groups in total. The highest BCUT2D eigenvalue weighted by molar-refractivity contribution is 5.87. The summed E-state index contributed by atoms with van der Waals surface area (Å²) in [6.07, 6.45) is 0. The van der Waals surface area contributed by atoms with Crippen LogP contribution in [-0.2, 0) is 0 Å². The van der Waals surface area contributed by atoms with Gasteiger partial charge < -0.3 is 4.98 Å². The van der Waals surface area contributed by atoms with Gasteiger partial charge in [0, 0.05) is 16.6 Å². The lowest BCUT2D eigenvalue weighted by Crippen LogP contribution is -1.74. The maximum atomic E-state index is 8.90. The van der Waals surface area contributed by atoms with Crippen LogP contribution in [0.5, 0.6) is 0 Å². The summed E-state index contributed by atoms with van der Waals surface area (Å²) in [5, 5.41) is 9.92. The quantitative estimate of drug-likeness (QED) is 0.648. The molecule has 13 heavy (non-hydrogen) atoms. The standard InChI is InChI=1S/C11H10N2/c1-7-3-4-9-10(6-12)8(2)13-11(9)5-7/h3-5,13H,1-2H3. The molecule has 0 aliphatic rings. The fourth-order valence-electron chi connectivity index (χ4n) is 1.59. The van der Waals surface area contributed by atoms with E-state index in [1.807, 2.05) is 26.0 Å². The second-order valence-corrected chi connectivity index (χ2v) is 3.29. The van der Waals surface area contributed by atoms with Gasteiger partial charge in [-0.15, -0.1) is 0 Å². The lowest BCUT2D eigenvalue weighted by Gasteiger charge is -1.91. The first-order valence-electron chi connectivity index (χ1n) is 4.21. The van der Waals surface area contributed by atoms with Gasteiger partial charge in [-0.3, -0.25) is 0 Å². The molecule has 1 aromatic carbocycles. The highest BCUT2D eigenvalue weighted by atomic mass is 14.7. The molecule has 1 heterocycles. The summed E-state index contributed by atoms with van der Waals surface area (Å²) in [7, 11) is 0. The van der Waals surface area contributed by atoms with Crippen molar-refractivity contribution in [3.63, 3.8) is 0 Å². The summed E-state index contributed by atoms with van der Waals surface area (Å²) in [5.74, 6) is 0. The van der Waals surface area contributed by atoms with E-state index < -0.39 is 0 Å². The maximum Gasteiger partial charge on any atom is 0.102 e. The van der Waals surface area contributed by atoms with E-state index in [9.17, 15) is 0 Å². The van der Waals surface area contributed by atoms with Crippen molar-refractivity contribution in [2.75, 3.05) is 0 Å². The molecule has 2 aromatic rings. The van der Waals surface area contributed by atoms with Crippen molar-refractivity contribution < 1.29 is 0 Å². The number of hydrogen-bond donors (Lipinski definition) is 1. The molecule has 0 atom stereocenters. The minimum absolute atomic E-state index is 0.759. The lowest BCUT2D eigenvalue weighted by atomic mass is 10.1. The largest absolute Gasteiger partial charge is 0.357 e. The Morgan fingerprint density at radius 2 is 2.08 bits per heavy atom. The summed E-state index contributed by atoms with van der Waals surface area (Å²) in [4.78, 5) is 3.20. The van der Waals surface area contributed by atoms with Crippen LogP contribution in [0.15, 0.2) is 18.2 Å². The van der Waals surface area contributed by atoms with Gasteiger partial charge in [0.25, 0.3) is 0 Å². The number of aromatic amines is 1. The number of nitrogens with one attached hydrogen (secondary N) is 1. The molecule has 2 heteroatoms. The maximum absolute atomic E-state index is 8.90. The average Bonchev–Trinajstić information content (AvgIpc) is 2.39. The Hall–Kier alpha value is -1.75. The topological polar surface area (TPSA) is 39.6 Å². The highest BCUT2D eigenvalue weighted by Gasteiger charge is 2.06. The number of nitrogens with zero attached hydrogens (tertiary/aromatic N) is 1. The molecule has 0 bridgehead atoms. The van der Waals surface area contributed by atoms with Gasteiger partial charge in [0.15, 0.2) is 0 Å². The molecule has 0 aliphatic heterocycles. The summed E-state index contributed by atoms with van der Waals surface area (Å²) >= 11 is 0. The van der Waals surface area contributed by atoms with Gasteiger partial charge in [-0.05, 0) is 25.5 Å². The Balaban J connectivity index is 2.88. The molecule has 0 aliphatic carbocycles. The third kappa shape index (κ3) is 1.09. The van der Waals surface area contributed by atoms with E-state index in [1.165, 1.54) is 5.56 Å². The van der Waals surface area contributed by atoms with E-state index in [-0.39, 0.29) is 0 Å². The minimum atomic E-state index is 0.759. The predicted molar refractivity (Wildman–Crippen MR) is 52.5 cm³/mol. The molecule has 64 valence electrons. The van der Waals surface area contributed by atoms with Crippen molar-refractivity contribution in [1.29, 1.82) is 5.26 Å². The number of nitriles is 1. The third-order valence-electron chi connectivity index (χ3n) is 2.25. The van der Waals surface area contributed by atoms with Crippen LogP contribution >= 0.6 is 0 Å². The van der Waals surface area contributed by atoms with Gasteiger partial charge in [-0.25, -0.2) is 0 Å². The second kappa shape index (κ2) is 2.63. The first kappa shape index (κ1) is 7.88. The van der Waals surface area contributed by atoms with E-state index in [0.717, 1.165) is 22.2 Å². The molecule has 0 unspecified atom stereocenters. The van der Waals surface area contributed by atoms with Crippen molar-refractivity contribution in [2.45, 2.75) is 13.8 Å². The van der Waals surface area contributed by atoms with Gasteiger partial charge in [-0.2, -0.15) is 5.26 Å². The zero-order valence-corrected chi connectivity index (χ0v) is 7.68.